The summed E-state index contributed by atoms with van der Waals surface area (Å²) in [5.74, 6) is -0.312. The van der Waals surface area contributed by atoms with Crippen molar-refractivity contribution >= 4 is 5.97 Å². The second kappa shape index (κ2) is 40.1. The zero-order valence-corrected chi connectivity index (χ0v) is 36.9. The van der Waals surface area contributed by atoms with Gasteiger partial charge in [-0.15, -0.1) is 0 Å². The molecule has 336 valence electrons. The highest BCUT2D eigenvalue weighted by Crippen LogP contribution is 2.23. The summed E-state index contributed by atoms with van der Waals surface area (Å²) in [5, 5.41) is 40.2. The number of hydrogen-bond donors (Lipinski definition) is 4. The van der Waals surface area contributed by atoms with Crippen LogP contribution in [0.25, 0.3) is 0 Å². The minimum absolute atomic E-state index is 0.112. The largest absolute Gasteiger partial charge is 0.457 e. The van der Waals surface area contributed by atoms with Crippen molar-refractivity contribution in [3.8, 4) is 0 Å². The molecule has 1 heterocycles. The number of ether oxygens (including phenoxy) is 4. The van der Waals surface area contributed by atoms with E-state index in [4.69, 9.17) is 18.9 Å². The Kier molecular flexibility index (Phi) is 37.8. The quantitative estimate of drug-likeness (QED) is 0.0270. The van der Waals surface area contributed by atoms with Crippen LogP contribution in [0.1, 0.15) is 213 Å². The SMILES string of the molecule is CCCCC/C=C\C/C=C\CCCCCCCCCCOCC(COC1OC(CO)C(O)C(O)C1O)OC(=O)CCCCCCCCCCCCCCCCCC. The molecule has 0 aliphatic carbocycles. The van der Waals surface area contributed by atoms with Crippen molar-refractivity contribution in [1.29, 1.82) is 0 Å². The van der Waals surface area contributed by atoms with Crippen molar-refractivity contribution < 1.29 is 44.2 Å². The number of carbonyl (C=O) groups is 1. The summed E-state index contributed by atoms with van der Waals surface area (Å²) in [5.41, 5.74) is 0. The molecule has 0 aromatic rings. The fourth-order valence-electron chi connectivity index (χ4n) is 7.35. The topological polar surface area (TPSA) is 135 Å². The molecular weight excluding hydrogens is 721 g/mol. The van der Waals surface area contributed by atoms with Gasteiger partial charge in [-0.3, -0.25) is 4.79 Å². The zero-order chi connectivity index (χ0) is 41.4. The van der Waals surface area contributed by atoms with Crippen molar-refractivity contribution in [3.05, 3.63) is 24.3 Å². The average Bonchev–Trinajstić information content (AvgIpc) is 3.21. The van der Waals surface area contributed by atoms with Gasteiger partial charge in [0, 0.05) is 13.0 Å². The van der Waals surface area contributed by atoms with E-state index in [0.717, 1.165) is 38.5 Å². The molecule has 9 nitrogen and oxygen atoms in total. The smallest absolute Gasteiger partial charge is 0.306 e. The number of hydrogen-bond acceptors (Lipinski definition) is 9. The first-order chi connectivity index (χ1) is 27.9. The first-order valence-corrected chi connectivity index (χ1v) is 23.9. The maximum atomic E-state index is 12.8. The van der Waals surface area contributed by atoms with Crippen molar-refractivity contribution in [2.75, 3.05) is 26.4 Å². The minimum Gasteiger partial charge on any atom is -0.457 e. The van der Waals surface area contributed by atoms with Gasteiger partial charge in [0.25, 0.3) is 0 Å². The van der Waals surface area contributed by atoms with Gasteiger partial charge in [-0.2, -0.15) is 0 Å². The minimum atomic E-state index is -1.53. The molecule has 6 atom stereocenters. The maximum Gasteiger partial charge on any atom is 0.306 e. The van der Waals surface area contributed by atoms with Gasteiger partial charge in [0.15, 0.2) is 6.29 Å². The van der Waals surface area contributed by atoms with E-state index < -0.39 is 43.4 Å². The van der Waals surface area contributed by atoms with E-state index in [1.165, 1.54) is 154 Å². The van der Waals surface area contributed by atoms with E-state index in [-0.39, 0.29) is 19.2 Å². The van der Waals surface area contributed by atoms with E-state index in [2.05, 4.69) is 38.2 Å². The summed E-state index contributed by atoms with van der Waals surface area (Å²) >= 11 is 0. The molecule has 1 rings (SSSR count). The van der Waals surface area contributed by atoms with Crippen LogP contribution in [-0.2, 0) is 23.7 Å². The standard InChI is InChI=1S/C48H90O9/c1-3-5-7-9-11-13-15-17-19-21-22-24-26-28-30-32-34-36-38-54-40-42(41-55-48-47(53)46(52)45(51)43(39-49)57-48)56-44(50)37-35-33-31-29-27-25-23-20-18-16-14-12-10-8-6-4-2/h11,13,17,19,42-43,45-49,51-53H,3-10,12,14-16,18,20-41H2,1-2H3/b13-11-,19-17-. The lowest BCUT2D eigenvalue weighted by Crippen LogP contribution is -2.59. The summed E-state index contributed by atoms with van der Waals surface area (Å²) in [6.45, 7) is 4.55. The lowest BCUT2D eigenvalue weighted by Gasteiger charge is -2.39. The van der Waals surface area contributed by atoms with Gasteiger partial charge in [-0.25, -0.2) is 0 Å². The van der Waals surface area contributed by atoms with Crippen molar-refractivity contribution in [3.63, 3.8) is 0 Å². The number of esters is 1. The van der Waals surface area contributed by atoms with Crippen LogP contribution in [0.2, 0.25) is 0 Å². The molecule has 1 aliphatic rings. The van der Waals surface area contributed by atoms with Gasteiger partial charge in [0.1, 0.15) is 30.5 Å². The molecule has 57 heavy (non-hydrogen) atoms. The number of aliphatic hydroxyl groups excluding tert-OH is 4. The molecule has 0 amide bonds. The van der Waals surface area contributed by atoms with Gasteiger partial charge >= 0.3 is 5.97 Å². The van der Waals surface area contributed by atoms with E-state index >= 15 is 0 Å². The molecule has 0 aromatic heterocycles. The third-order valence-corrected chi connectivity index (χ3v) is 11.1. The van der Waals surface area contributed by atoms with Crippen LogP contribution in [0.3, 0.4) is 0 Å². The number of carbonyl (C=O) groups excluding carboxylic acids is 1. The highest BCUT2D eigenvalue weighted by Gasteiger charge is 2.44. The molecule has 9 heteroatoms. The van der Waals surface area contributed by atoms with E-state index in [1.54, 1.807) is 0 Å². The van der Waals surface area contributed by atoms with Crippen LogP contribution in [0.5, 0.6) is 0 Å². The molecule has 1 aliphatic heterocycles. The molecule has 0 aromatic carbocycles. The number of unbranched alkanes of at least 4 members (excludes halogenated alkanes) is 26. The predicted molar refractivity (Wildman–Crippen MR) is 233 cm³/mol. The van der Waals surface area contributed by atoms with Crippen molar-refractivity contribution in [2.24, 2.45) is 0 Å². The molecule has 4 N–H and O–H groups in total. The number of rotatable bonds is 41. The lowest BCUT2D eigenvalue weighted by molar-refractivity contribution is -0.305. The number of allylic oxidation sites excluding steroid dienone is 4. The van der Waals surface area contributed by atoms with E-state index in [0.29, 0.717) is 13.0 Å². The Balaban J connectivity index is 2.23. The summed E-state index contributed by atoms with van der Waals surface area (Å²) in [7, 11) is 0. The average molecular weight is 811 g/mol. The summed E-state index contributed by atoms with van der Waals surface area (Å²) in [6.07, 6.45) is 39.1. The molecule has 1 fully saturated rings. The third kappa shape index (κ3) is 31.2. The molecule has 6 unspecified atom stereocenters. The van der Waals surface area contributed by atoms with Crippen LogP contribution in [0.4, 0.5) is 0 Å². The second-order valence-corrected chi connectivity index (χ2v) is 16.6. The Hall–Kier alpha value is -1.33. The first kappa shape index (κ1) is 53.7. The monoisotopic (exact) mass is 811 g/mol. The zero-order valence-electron chi connectivity index (χ0n) is 36.9. The lowest BCUT2D eigenvalue weighted by atomic mass is 9.99. The summed E-state index contributed by atoms with van der Waals surface area (Å²) < 4.78 is 22.9. The maximum absolute atomic E-state index is 12.8. The van der Waals surface area contributed by atoms with Gasteiger partial charge in [0.2, 0.25) is 0 Å². The van der Waals surface area contributed by atoms with Gasteiger partial charge < -0.3 is 39.4 Å². The van der Waals surface area contributed by atoms with Gasteiger partial charge in [-0.05, 0) is 44.9 Å². The van der Waals surface area contributed by atoms with E-state index in [1.807, 2.05) is 0 Å². The van der Waals surface area contributed by atoms with Crippen molar-refractivity contribution in [2.45, 2.75) is 250 Å². The fraction of sp³-hybridized carbons (Fsp3) is 0.896. The Labute approximate surface area is 349 Å². The van der Waals surface area contributed by atoms with Crippen LogP contribution in [0.15, 0.2) is 24.3 Å². The first-order valence-electron chi connectivity index (χ1n) is 23.9. The molecule has 0 saturated carbocycles. The highest BCUT2D eigenvalue weighted by molar-refractivity contribution is 5.69. The molecule has 0 bridgehead atoms. The normalized spacial score (nSPS) is 20.6. The Bertz CT molecular complexity index is 926. The van der Waals surface area contributed by atoms with Crippen molar-refractivity contribution in [1.82, 2.24) is 0 Å². The Morgan fingerprint density at radius 1 is 0.561 bits per heavy atom. The van der Waals surface area contributed by atoms with Crippen LogP contribution in [0, 0.1) is 0 Å². The van der Waals surface area contributed by atoms with Gasteiger partial charge in [-0.1, -0.05) is 186 Å². The third-order valence-electron chi connectivity index (χ3n) is 11.1. The van der Waals surface area contributed by atoms with Crippen LogP contribution < -0.4 is 0 Å². The molecule has 0 spiro atoms. The van der Waals surface area contributed by atoms with Crippen LogP contribution >= 0.6 is 0 Å². The van der Waals surface area contributed by atoms with E-state index in [9.17, 15) is 25.2 Å². The van der Waals surface area contributed by atoms with Crippen LogP contribution in [-0.4, -0.2) is 89.6 Å². The number of aliphatic hydroxyl groups is 4. The molecular formula is C48H90O9. The summed E-state index contributed by atoms with van der Waals surface area (Å²) in [6, 6.07) is 0. The second-order valence-electron chi connectivity index (χ2n) is 16.6. The molecule has 0 radical (unpaired) electrons. The Morgan fingerprint density at radius 2 is 1.02 bits per heavy atom. The predicted octanol–water partition coefficient (Wildman–Crippen LogP) is 11.0. The molecule has 1 saturated heterocycles. The Morgan fingerprint density at radius 3 is 1.54 bits per heavy atom. The highest BCUT2D eigenvalue weighted by atomic mass is 16.7. The van der Waals surface area contributed by atoms with Gasteiger partial charge in [0.05, 0.1) is 19.8 Å². The summed E-state index contributed by atoms with van der Waals surface area (Å²) in [4.78, 5) is 12.8. The fourth-order valence-corrected chi connectivity index (χ4v) is 7.35.